The van der Waals surface area contributed by atoms with Gasteiger partial charge in [-0.1, -0.05) is 12.1 Å². The fourth-order valence-electron chi connectivity index (χ4n) is 2.66. The first-order valence-electron chi connectivity index (χ1n) is 9.07. The third kappa shape index (κ3) is 6.23. The van der Waals surface area contributed by atoms with Crippen molar-refractivity contribution in [1.29, 1.82) is 0 Å². The lowest BCUT2D eigenvalue weighted by atomic mass is 10.1. The quantitative estimate of drug-likeness (QED) is 0.498. The average Bonchev–Trinajstić information content (AvgIpc) is 2.75. The Labute approximate surface area is 174 Å². The van der Waals surface area contributed by atoms with Gasteiger partial charge in [0.15, 0.2) is 18.1 Å². The average molecular weight is 417 g/mol. The van der Waals surface area contributed by atoms with Crippen LogP contribution in [0.4, 0.5) is 4.39 Å². The molecule has 2 rings (SSSR count). The topological polar surface area (TPSA) is 83.1 Å². The molecule has 1 amide bonds. The molecule has 0 fully saturated rings. The largest absolute Gasteiger partial charge is 0.493 e. The number of benzene rings is 2. The van der Waals surface area contributed by atoms with Gasteiger partial charge in [-0.3, -0.25) is 4.79 Å². The molecule has 1 atom stereocenters. The van der Waals surface area contributed by atoms with Gasteiger partial charge in [0.1, 0.15) is 5.82 Å². The van der Waals surface area contributed by atoms with E-state index in [1.165, 1.54) is 45.6 Å². The molecule has 0 aromatic heterocycles. The molecule has 7 nitrogen and oxygen atoms in total. The van der Waals surface area contributed by atoms with E-state index in [1.807, 2.05) is 0 Å². The molecule has 8 heteroatoms. The SMILES string of the molecule is COc1cc(/C=C/C(=O)OCC(=O)N[C@H](C)c2ccc(F)cc2)cc(OC)c1OC. The highest BCUT2D eigenvalue weighted by Gasteiger charge is 2.13. The van der Waals surface area contributed by atoms with E-state index in [0.29, 0.717) is 22.8 Å². The summed E-state index contributed by atoms with van der Waals surface area (Å²) in [7, 11) is 4.48. The van der Waals surface area contributed by atoms with Crippen molar-refractivity contribution in [3.8, 4) is 17.2 Å². The van der Waals surface area contributed by atoms with Gasteiger partial charge >= 0.3 is 5.97 Å². The Hall–Kier alpha value is -3.55. The zero-order valence-corrected chi connectivity index (χ0v) is 17.2. The number of hydrogen-bond donors (Lipinski definition) is 1. The second-order valence-electron chi connectivity index (χ2n) is 6.24. The van der Waals surface area contributed by atoms with E-state index in [9.17, 15) is 14.0 Å². The van der Waals surface area contributed by atoms with Gasteiger partial charge in [-0.05, 0) is 48.4 Å². The van der Waals surface area contributed by atoms with Crippen molar-refractivity contribution in [2.75, 3.05) is 27.9 Å². The summed E-state index contributed by atoms with van der Waals surface area (Å²) in [5, 5.41) is 2.68. The van der Waals surface area contributed by atoms with E-state index in [0.717, 1.165) is 5.56 Å². The van der Waals surface area contributed by atoms with Crippen LogP contribution >= 0.6 is 0 Å². The molecular formula is C22H24FNO6. The number of esters is 1. The second-order valence-corrected chi connectivity index (χ2v) is 6.24. The number of rotatable bonds is 9. The van der Waals surface area contributed by atoms with Gasteiger partial charge in [0.25, 0.3) is 5.91 Å². The van der Waals surface area contributed by atoms with E-state index in [2.05, 4.69) is 5.32 Å². The van der Waals surface area contributed by atoms with Crippen LogP contribution in [0, 0.1) is 5.82 Å². The van der Waals surface area contributed by atoms with Gasteiger partial charge in [0, 0.05) is 6.08 Å². The van der Waals surface area contributed by atoms with Crippen LogP contribution in [0.1, 0.15) is 24.1 Å². The monoisotopic (exact) mass is 417 g/mol. The Morgan fingerprint density at radius 1 is 1.03 bits per heavy atom. The lowest BCUT2D eigenvalue weighted by Crippen LogP contribution is -2.30. The van der Waals surface area contributed by atoms with Crippen LogP contribution in [0.5, 0.6) is 17.2 Å². The van der Waals surface area contributed by atoms with E-state index < -0.39 is 18.5 Å². The summed E-state index contributed by atoms with van der Waals surface area (Å²) >= 11 is 0. The van der Waals surface area contributed by atoms with Crippen molar-refractivity contribution in [3.63, 3.8) is 0 Å². The molecule has 0 aliphatic heterocycles. The number of carbonyl (C=O) groups is 2. The molecule has 0 saturated carbocycles. The van der Waals surface area contributed by atoms with Crippen LogP contribution in [0.3, 0.4) is 0 Å². The fraction of sp³-hybridized carbons (Fsp3) is 0.273. The van der Waals surface area contributed by atoms with Gasteiger partial charge in [0.2, 0.25) is 5.75 Å². The predicted octanol–water partition coefficient (Wildman–Crippen LogP) is 3.29. The smallest absolute Gasteiger partial charge is 0.331 e. The van der Waals surface area contributed by atoms with Crippen LogP contribution in [-0.2, 0) is 14.3 Å². The Morgan fingerprint density at radius 2 is 1.63 bits per heavy atom. The summed E-state index contributed by atoms with van der Waals surface area (Å²) in [5.41, 5.74) is 1.36. The van der Waals surface area contributed by atoms with Crippen LogP contribution < -0.4 is 19.5 Å². The molecule has 1 N–H and O–H groups in total. The zero-order chi connectivity index (χ0) is 22.1. The fourth-order valence-corrected chi connectivity index (χ4v) is 2.66. The maximum atomic E-state index is 13.0. The Bertz CT molecular complexity index is 885. The van der Waals surface area contributed by atoms with Crippen LogP contribution in [0.25, 0.3) is 6.08 Å². The molecule has 0 saturated heterocycles. The van der Waals surface area contributed by atoms with Crippen molar-refractivity contribution in [3.05, 3.63) is 59.4 Å². The van der Waals surface area contributed by atoms with Gasteiger partial charge in [-0.2, -0.15) is 0 Å². The number of hydrogen-bond acceptors (Lipinski definition) is 6. The Kier molecular flexibility index (Phi) is 8.22. The van der Waals surface area contributed by atoms with Crippen molar-refractivity contribution in [2.24, 2.45) is 0 Å². The molecule has 160 valence electrons. The third-order valence-electron chi connectivity index (χ3n) is 4.19. The number of halogens is 1. The second kappa shape index (κ2) is 10.8. The highest BCUT2D eigenvalue weighted by Crippen LogP contribution is 2.38. The van der Waals surface area contributed by atoms with E-state index in [1.54, 1.807) is 31.2 Å². The summed E-state index contributed by atoms with van der Waals surface area (Å²) in [6, 6.07) is 8.76. The maximum absolute atomic E-state index is 13.0. The molecule has 0 aliphatic carbocycles. The minimum absolute atomic E-state index is 0.355. The molecule has 30 heavy (non-hydrogen) atoms. The highest BCUT2D eigenvalue weighted by atomic mass is 19.1. The van der Waals surface area contributed by atoms with Gasteiger partial charge in [-0.15, -0.1) is 0 Å². The van der Waals surface area contributed by atoms with Crippen molar-refractivity contribution < 1.29 is 32.9 Å². The predicted molar refractivity (Wildman–Crippen MR) is 109 cm³/mol. The maximum Gasteiger partial charge on any atom is 0.331 e. The summed E-state index contributed by atoms with van der Waals surface area (Å²) in [6.07, 6.45) is 2.70. The first-order chi connectivity index (χ1) is 14.4. The molecule has 0 radical (unpaired) electrons. The summed E-state index contributed by atoms with van der Waals surface area (Å²) < 4.78 is 33.7. The molecular weight excluding hydrogens is 393 g/mol. The van der Waals surface area contributed by atoms with Crippen molar-refractivity contribution >= 4 is 18.0 Å². The minimum atomic E-state index is -0.687. The van der Waals surface area contributed by atoms with E-state index >= 15 is 0 Å². The molecule has 0 heterocycles. The Morgan fingerprint density at radius 3 is 2.17 bits per heavy atom. The standard InChI is InChI=1S/C22H24FNO6/c1-14(16-6-8-17(23)9-7-16)24-20(25)13-30-21(26)10-5-15-11-18(27-2)22(29-4)19(12-15)28-3/h5-12,14H,13H2,1-4H3,(H,24,25)/b10-5+/t14-/m1/s1. The third-order valence-corrected chi connectivity index (χ3v) is 4.19. The molecule has 0 spiro atoms. The summed E-state index contributed by atoms with van der Waals surface area (Å²) in [6.45, 7) is 1.31. The van der Waals surface area contributed by atoms with Gasteiger partial charge < -0.3 is 24.3 Å². The Balaban J connectivity index is 1.91. The first-order valence-corrected chi connectivity index (χ1v) is 9.07. The molecule has 2 aromatic rings. The minimum Gasteiger partial charge on any atom is -0.493 e. The van der Waals surface area contributed by atoms with Gasteiger partial charge in [-0.25, -0.2) is 9.18 Å². The summed E-state index contributed by atoms with van der Waals surface area (Å²) in [5.74, 6) is -0.190. The van der Waals surface area contributed by atoms with Crippen LogP contribution in [0.15, 0.2) is 42.5 Å². The normalized spacial score (nSPS) is 11.6. The lowest BCUT2D eigenvalue weighted by molar-refractivity contribution is -0.144. The number of ether oxygens (including phenoxy) is 4. The lowest BCUT2D eigenvalue weighted by Gasteiger charge is -2.14. The molecule has 0 bridgehead atoms. The molecule has 0 aliphatic rings. The molecule has 2 aromatic carbocycles. The number of amides is 1. The molecule has 0 unspecified atom stereocenters. The van der Waals surface area contributed by atoms with Crippen LogP contribution in [0.2, 0.25) is 0 Å². The van der Waals surface area contributed by atoms with Crippen LogP contribution in [-0.4, -0.2) is 39.8 Å². The zero-order valence-electron chi connectivity index (χ0n) is 17.2. The number of carbonyl (C=O) groups excluding carboxylic acids is 2. The number of methoxy groups -OCH3 is 3. The number of nitrogens with one attached hydrogen (secondary N) is 1. The summed E-state index contributed by atoms with van der Waals surface area (Å²) in [4.78, 5) is 23.9. The van der Waals surface area contributed by atoms with E-state index in [4.69, 9.17) is 18.9 Å². The van der Waals surface area contributed by atoms with Gasteiger partial charge in [0.05, 0.1) is 27.4 Å². The first kappa shape index (κ1) is 22.7. The van der Waals surface area contributed by atoms with E-state index in [-0.39, 0.29) is 11.9 Å². The van der Waals surface area contributed by atoms with Crippen molar-refractivity contribution in [2.45, 2.75) is 13.0 Å². The highest BCUT2D eigenvalue weighted by molar-refractivity contribution is 5.89. The van der Waals surface area contributed by atoms with Crippen molar-refractivity contribution in [1.82, 2.24) is 5.32 Å².